The lowest BCUT2D eigenvalue weighted by Gasteiger charge is -2.07. The van der Waals surface area contributed by atoms with Gasteiger partial charge in [-0.2, -0.15) is 0 Å². The predicted octanol–water partition coefficient (Wildman–Crippen LogP) is 3.12. The van der Waals surface area contributed by atoms with E-state index in [1.54, 1.807) is 0 Å². The van der Waals surface area contributed by atoms with Crippen LogP contribution in [0.15, 0.2) is 46.9 Å². The first-order chi connectivity index (χ1) is 7.79. The lowest BCUT2D eigenvalue weighted by molar-refractivity contribution is 0.148. The molecular weight excluding hydrogens is 200 g/mol. The third-order valence-electron chi connectivity index (χ3n) is 2.63. The minimum atomic E-state index is -0.553. The van der Waals surface area contributed by atoms with Crippen molar-refractivity contribution in [3.05, 3.63) is 59.5 Å². The smallest absolute Gasteiger partial charge is 0.133 e. The Morgan fingerprint density at radius 2 is 1.88 bits per heavy atom. The highest BCUT2D eigenvalue weighted by atomic mass is 16.4. The van der Waals surface area contributed by atoms with Crippen LogP contribution < -0.4 is 0 Å². The lowest BCUT2D eigenvalue weighted by Crippen LogP contribution is -2.00. The summed E-state index contributed by atoms with van der Waals surface area (Å²) in [6.45, 7) is 2.03. The van der Waals surface area contributed by atoms with Gasteiger partial charge in [-0.25, -0.2) is 0 Å². The summed E-state index contributed by atoms with van der Waals surface area (Å²) in [4.78, 5) is 0. The Balaban J connectivity index is 2.05. The lowest BCUT2D eigenvalue weighted by atomic mass is 10.1. The second-order valence-electron chi connectivity index (χ2n) is 3.86. The van der Waals surface area contributed by atoms with E-state index >= 15 is 0 Å². The van der Waals surface area contributed by atoms with Crippen LogP contribution >= 0.6 is 0 Å². The molecule has 0 aliphatic rings. The fraction of sp³-hybridized carbons (Fsp3) is 0.286. The largest absolute Gasteiger partial charge is 0.463 e. The Morgan fingerprint density at radius 1 is 1.12 bits per heavy atom. The molecule has 1 atom stereocenters. The van der Waals surface area contributed by atoms with E-state index in [2.05, 4.69) is 0 Å². The molecule has 2 nitrogen and oxygen atoms in total. The Hall–Kier alpha value is -1.54. The SMILES string of the molecule is CCc1ccc(C(O)Cc2ccccc2)o1. The number of benzene rings is 1. The minimum Gasteiger partial charge on any atom is -0.463 e. The third-order valence-corrected chi connectivity index (χ3v) is 2.63. The van der Waals surface area contributed by atoms with Crippen LogP contribution in [0.3, 0.4) is 0 Å². The van der Waals surface area contributed by atoms with Gasteiger partial charge in [-0.15, -0.1) is 0 Å². The molecular formula is C14H16O2. The molecule has 84 valence electrons. The second-order valence-corrected chi connectivity index (χ2v) is 3.86. The molecule has 0 spiro atoms. The standard InChI is InChI=1S/C14H16O2/c1-2-12-8-9-14(16-12)13(15)10-11-6-4-3-5-7-11/h3-9,13,15H,2,10H2,1H3. The van der Waals surface area contributed by atoms with E-state index < -0.39 is 6.10 Å². The van der Waals surface area contributed by atoms with Gasteiger partial charge in [0, 0.05) is 12.8 Å². The second kappa shape index (κ2) is 4.99. The summed E-state index contributed by atoms with van der Waals surface area (Å²) < 4.78 is 5.52. The fourth-order valence-electron chi connectivity index (χ4n) is 1.70. The zero-order valence-electron chi connectivity index (χ0n) is 9.39. The number of aryl methyl sites for hydroxylation is 1. The van der Waals surface area contributed by atoms with E-state index in [-0.39, 0.29) is 0 Å². The summed E-state index contributed by atoms with van der Waals surface area (Å²) in [6.07, 6.45) is 0.901. The molecule has 2 heteroatoms. The van der Waals surface area contributed by atoms with Crippen molar-refractivity contribution in [3.8, 4) is 0 Å². The summed E-state index contributed by atoms with van der Waals surface area (Å²) in [5.74, 6) is 1.57. The van der Waals surface area contributed by atoms with E-state index in [0.717, 1.165) is 17.7 Å². The number of furan rings is 1. The van der Waals surface area contributed by atoms with Crippen molar-refractivity contribution in [3.63, 3.8) is 0 Å². The van der Waals surface area contributed by atoms with Gasteiger partial charge in [-0.1, -0.05) is 37.3 Å². The van der Waals surface area contributed by atoms with Crippen molar-refractivity contribution < 1.29 is 9.52 Å². The molecule has 0 bridgehead atoms. The zero-order chi connectivity index (χ0) is 11.4. The van der Waals surface area contributed by atoms with Crippen LogP contribution in [0.5, 0.6) is 0 Å². The number of rotatable bonds is 4. The first kappa shape index (κ1) is 11.0. The van der Waals surface area contributed by atoms with Gasteiger partial charge >= 0.3 is 0 Å². The van der Waals surface area contributed by atoms with E-state index in [0.29, 0.717) is 12.2 Å². The van der Waals surface area contributed by atoms with Gasteiger partial charge in [-0.3, -0.25) is 0 Å². The number of hydrogen-bond acceptors (Lipinski definition) is 2. The van der Waals surface area contributed by atoms with Gasteiger partial charge in [0.2, 0.25) is 0 Å². The maximum Gasteiger partial charge on any atom is 0.133 e. The van der Waals surface area contributed by atoms with Gasteiger partial charge in [0.1, 0.15) is 17.6 Å². The number of aliphatic hydroxyl groups is 1. The van der Waals surface area contributed by atoms with Gasteiger partial charge in [-0.05, 0) is 17.7 Å². The molecule has 0 radical (unpaired) electrons. The van der Waals surface area contributed by atoms with E-state index in [1.165, 1.54) is 0 Å². The zero-order valence-corrected chi connectivity index (χ0v) is 9.39. The first-order valence-corrected chi connectivity index (χ1v) is 5.60. The minimum absolute atomic E-state index is 0.553. The molecule has 0 fully saturated rings. The quantitative estimate of drug-likeness (QED) is 0.851. The van der Waals surface area contributed by atoms with Gasteiger partial charge in [0.05, 0.1) is 0 Å². The average Bonchev–Trinajstić information content (AvgIpc) is 2.79. The molecule has 1 unspecified atom stereocenters. The molecule has 0 amide bonds. The predicted molar refractivity (Wildman–Crippen MR) is 63.2 cm³/mol. The highest BCUT2D eigenvalue weighted by molar-refractivity contribution is 5.18. The highest BCUT2D eigenvalue weighted by Gasteiger charge is 2.12. The summed E-state index contributed by atoms with van der Waals surface area (Å²) >= 11 is 0. The summed E-state index contributed by atoms with van der Waals surface area (Å²) in [7, 11) is 0. The average molecular weight is 216 g/mol. The van der Waals surface area contributed by atoms with Crippen LogP contribution in [0, 0.1) is 0 Å². The normalized spacial score (nSPS) is 12.6. The number of hydrogen-bond donors (Lipinski definition) is 1. The van der Waals surface area contributed by atoms with Crippen molar-refractivity contribution >= 4 is 0 Å². The van der Waals surface area contributed by atoms with Crippen LogP contribution in [0.4, 0.5) is 0 Å². The molecule has 0 saturated carbocycles. The molecule has 1 aromatic heterocycles. The Morgan fingerprint density at radius 3 is 2.50 bits per heavy atom. The van der Waals surface area contributed by atoms with Crippen LogP contribution in [-0.4, -0.2) is 5.11 Å². The van der Waals surface area contributed by atoms with Crippen LogP contribution in [0.25, 0.3) is 0 Å². The van der Waals surface area contributed by atoms with Crippen LogP contribution in [0.2, 0.25) is 0 Å². The molecule has 2 aromatic rings. The first-order valence-electron chi connectivity index (χ1n) is 5.60. The molecule has 0 aliphatic heterocycles. The van der Waals surface area contributed by atoms with Crippen molar-refractivity contribution in [2.24, 2.45) is 0 Å². The Kier molecular flexibility index (Phi) is 3.42. The van der Waals surface area contributed by atoms with Gasteiger partial charge < -0.3 is 9.52 Å². The van der Waals surface area contributed by atoms with Crippen molar-refractivity contribution in [1.29, 1.82) is 0 Å². The van der Waals surface area contributed by atoms with Crippen LogP contribution in [0.1, 0.15) is 30.1 Å². The molecule has 0 aliphatic carbocycles. The van der Waals surface area contributed by atoms with E-state index in [4.69, 9.17) is 4.42 Å². The maximum absolute atomic E-state index is 9.99. The molecule has 16 heavy (non-hydrogen) atoms. The monoisotopic (exact) mass is 216 g/mol. The summed E-state index contributed by atoms with van der Waals surface area (Å²) in [6, 6.07) is 13.7. The fourth-order valence-corrected chi connectivity index (χ4v) is 1.70. The molecule has 1 N–H and O–H groups in total. The van der Waals surface area contributed by atoms with Gasteiger partial charge in [0.15, 0.2) is 0 Å². The highest BCUT2D eigenvalue weighted by Crippen LogP contribution is 2.20. The Labute approximate surface area is 95.5 Å². The van der Waals surface area contributed by atoms with Gasteiger partial charge in [0.25, 0.3) is 0 Å². The van der Waals surface area contributed by atoms with Crippen molar-refractivity contribution in [2.45, 2.75) is 25.9 Å². The topological polar surface area (TPSA) is 33.4 Å². The van der Waals surface area contributed by atoms with E-state index in [1.807, 2.05) is 49.4 Å². The maximum atomic E-state index is 9.99. The Bertz CT molecular complexity index is 431. The molecule has 0 saturated heterocycles. The summed E-state index contributed by atoms with van der Waals surface area (Å²) in [5, 5.41) is 9.99. The molecule has 1 aromatic carbocycles. The molecule has 1 heterocycles. The summed E-state index contributed by atoms with van der Waals surface area (Å²) in [5.41, 5.74) is 1.12. The third kappa shape index (κ3) is 2.52. The van der Waals surface area contributed by atoms with E-state index in [9.17, 15) is 5.11 Å². The van der Waals surface area contributed by atoms with Crippen LogP contribution in [-0.2, 0) is 12.8 Å². The molecule has 2 rings (SSSR count). The number of aliphatic hydroxyl groups excluding tert-OH is 1. The van der Waals surface area contributed by atoms with Crippen molar-refractivity contribution in [2.75, 3.05) is 0 Å². The van der Waals surface area contributed by atoms with Crippen molar-refractivity contribution in [1.82, 2.24) is 0 Å².